The third-order valence-electron chi connectivity index (χ3n) is 4.88. The standard InChI is InChI=1S/C23H19FN4O2S/c1-15-5-7-19(8-6-15)31(29,30)28-22(12-25)20(21-11-18(24)14-27-23(21)28)10-16(2)17-4-3-9-26-13-17/h3-14H,2,25H2,1H3/b20-10-,22-12+. The number of halogens is 1. The van der Waals surface area contributed by atoms with Crippen molar-refractivity contribution in [3.05, 3.63) is 95.1 Å². The number of nitrogens with zero attached hydrogens (tertiary/aromatic N) is 3. The lowest BCUT2D eigenvalue weighted by Gasteiger charge is -2.08. The zero-order valence-corrected chi connectivity index (χ0v) is 17.5. The summed E-state index contributed by atoms with van der Waals surface area (Å²) in [6.07, 6.45) is 7.07. The first kappa shape index (κ1) is 20.5. The van der Waals surface area contributed by atoms with Gasteiger partial charge in [-0.2, -0.15) is 0 Å². The minimum absolute atomic E-state index is 0.0712. The third-order valence-corrected chi connectivity index (χ3v) is 6.60. The molecule has 0 spiro atoms. The number of pyridine rings is 2. The maximum absolute atomic E-state index is 14.1. The first-order valence-corrected chi connectivity index (χ1v) is 10.8. The van der Waals surface area contributed by atoms with E-state index >= 15 is 0 Å². The Labute approximate surface area is 178 Å². The van der Waals surface area contributed by atoms with E-state index in [1.807, 2.05) is 13.0 Å². The number of fused-ring (bicyclic) bond motifs is 1. The molecule has 3 aromatic heterocycles. The average Bonchev–Trinajstić information content (AvgIpc) is 3.08. The Morgan fingerprint density at radius 2 is 1.94 bits per heavy atom. The fraction of sp³-hybridized carbons (Fsp3) is 0.0435. The van der Waals surface area contributed by atoms with Gasteiger partial charge in [0.1, 0.15) is 5.82 Å². The van der Waals surface area contributed by atoms with E-state index in [1.165, 1.54) is 24.4 Å². The number of benzene rings is 1. The number of hydrogen-bond donors (Lipinski definition) is 1. The van der Waals surface area contributed by atoms with E-state index in [1.54, 1.807) is 36.7 Å². The van der Waals surface area contributed by atoms with Gasteiger partial charge in [-0.3, -0.25) is 4.98 Å². The molecular weight excluding hydrogens is 415 g/mol. The van der Waals surface area contributed by atoms with Gasteiger partial charge in [0.25, 0.3) is 10.0 Å². The lowest BCUT2D eigenvalue weighted by molar-refractivity contribution is 0.587. The van der Waals surface area contributed by atoms with Crippen LogP contribution in [0.25, 0.3) is 28.9 Å². The van der Waals surface area contributed by atoms with Gasteiger partial charge < -0.3 is 5.73 Å². The second kappa shape index (κ2) is 7.81. The largest absolute Gasteiger partial charge is 0.403 e. The Balaban J connectivity index is 2.08. The van der Waals surface area contributed by atoms with Crippen molar-refractivity contribution >= 4 is 38.9 Å². The van der Waals surface area contributed by atoms with E-state index in [2.05, 4.69) is 16.5 Å². The fourth-order valence-electron chi connectivity index (χ4n) is 3.33. The van der Waals surface area contributed by atoms with Crippen LogP contribution in [0.3, 0.4) is 0 Å². The Morgan fingerprint density at radius 3 is 2.58 bits per heavy atom. The normalized spacial score (nSPS) is 13.1. The van der Waals surface area contributed by atoms with Crippen molar-refractivity contribution in [3.63, 3.8) is 0 Å². The highest BCUT2D eigenvalue weighted by atomic mass is 32.2. The van der Waals surface area contributed by atoms with E-state index in [-0.39, 0.29) is 15.9 Å². The minimum Gasteiger partial charge on any atom is -0.403 e. The molecule has 0 saturated carbocycles. The van der Waals surface area contributed by atoms with Gasteiger partial charge in [-0.25, -0.2) is 21.8 Å². The van der Waals surface area contributed by atoms with Crippen LogP contribution in [0.2, 0.25) is 0 Å². The van der Waals surface area contributed by atoms with Crippen LogP contribution < -0.4 is 16.3 Å². The zero-order chi connectivity index (χ0) is 22.2. The summed E-state index contributed by atoms with van der Waals surface area (Å²) in [6, 6.07) is 11.2. The molecule has 0 bridgehead atoms. The number of nitrogens with two attached hydrogens (primary N) is 1. The van der Waals surface area contributed by atoms with Crippen LogP contribution in [0.1, 0.15) is 11.1 Å². The highest BCUT2D eigenvalue weighted by Crippen LogP contribution is 2.18. The van der Waals surface area contributed by atoms with Gasteiger partial charge in [-0.05, 0) is 48.4 Å². The van der Waals surface area contributed by atoms with Crippen LogP contribution in [0, 0.1) is 12.7 Å². The second-order valence-corrected chi connectivity index (χ2v) is 8.77. The number of hydrogen-bond acceptors (Lipinski definition) is 5. The van der Waals surface area contributed by atoms with Gasteiger partial charge in [0.2, 0.25) is 0 Å². The summed E-state index contributed by atoms with van der Waals surface area (Å²) in [6.45, 7) is 5.90. The molecule has 0 unspecified atom stereocenters. The smallest absolute Gasteiger partial charge is 0.269 e. The van der Waals surface area contributed by atoms with Crippen molar-refractivity contribution in [2.75, 3.05) is 0 Å². The molecule has 0 saturated heterocycles. The van der Waals surface area contributed by atoms with Crippen molar-refractivity contribution < 1.29 is 12.8 Å². The molecule has 1 aromatic carbocycles. The van der Waals surface area contributed by atoms with Crippen molar-refractivity contribution in [2.24, 2.45) is 5.73 Å². The molecular formula is C23H19FN4O2S. The van der Waals surface area contributed by atoms with Crippen molar-refractivity contribution in [3.8, 4) is 0 Å². The van der Waals surface area contributed by atoms with Gasteiger partial charge in [0.15, 0.2) is 5.65 Å². The van der Waals surface area contributed by atoms with Crippen LogP contribution in [0.5, 0.6) is 0 Å². The molecule has 4 rings (SSSR count). The van der Waals surface area contributed by atoms with Gasteiger partial charge >= 0.3 is 0 Å². The fourth-order valence-corrected chi connectivity index (χ4v) is 4.81. The van der Waals surface area contributed by atoms with Crippen molar-refractivity contribution in [1.82, 2.24) is 13.9 Å². The summed E-state index contributed by atoms with van der Waals surface area (Å²) in [5, 5.41) is 0.866. The van der Waals surface area contributed by atoms with Crippen LogP contribution in [0.15, 0.2) is 72.5 Å². The molecule has 0 fully saturated rings. The van der Waals surface area contributed by atoms with Crippen LogP contribution in [-0.4, -0.2) is 22.4 Å². The number of rotatable bonds is 4. The Morgan fingerprint density at radius 1 is 1.19 bits per heavy atom. The lowest BCUT2D eigenvalue weighted by Crippen LogP contribution is -2.34. The maximum Gasteiger partial charge on any atom is 0.269 e. The molecule has 0 atom stereocenters. The first-order chi connectivity index (χ1) is 14.8. The molecule has 3 heterocycles. The van der Waals surface area contributed by atoms with E-state index < -0.39 is 15.8 Å². The SMILES string of the molecule is C=C(/C=c1\c(=C/N)n(S(=O)(=O)c2ccc(C)cc2)c2ncc(F)cc12)c1cccnc1. The molecule has 6 nitrogen and oxygen atoms in total. The van der Waals surface area contributed by atoms with E-state index in [9.17, 15) is 12.8 Å². The summed E-state index contributed by atoms with van der Waals surface area (Å²) in [7, 11) is -4.06. The van der Waals surface area contributed by atoms with Crippen molar-refractivity contribution in [1.29, 1.82) is 0 Å². The lowest BCUT2D eigenvalue weighted by atomic mass is 10.1. The maximum atomic E-state index is 14.1. The molecule has 0 amide bonds. The predicted octanol–water partition coefficient (Wildman–Crippen LogP) is 2.31. The molecule has 0 aliphatic heterocycles. The molecule has 0 radical (unpaired) electrons. The van der Waals surface area contributed by atoms with Gasteiger partial charge in [-0.1, -0.05) is 30.3 Å². The topological polar surface area (TPSA) is 90.9 Å². The number of aryl methyl sites for hydroxylation is 1. The second-order valence-electron chi connectivity index (χ2n) is 6.98. The summed E-state index contributed by atoms with van der Waals surface area (Å²) < 4.78 is 42.1. The monoisotopic (exact) mass is 434 g/mol. The van der Waals surface area contributed by atoms with E-state index in [0.717, 1.165) is 21.3 Å². The molecule has 4 aromatic rings. The summed E-state index contributed by atoms with van der Waals surface area (Å²) >= 11 is 0. The number of aromatic nitrogens is 3. The zero-order valence-electron chi connectivity index (χ0n) is 16.7. The highest BCUT2D eigenvalue weighted by molar-refractivity contribution is 7.90. The van der Waals surface area contributed by atoms with Crippen molar-refractivity contribution in [2.45, 2.75) is 11.8 Å². The van der Waals surface area contributed by atoms with E-state index in [0.29, 0.717) is 16.2 Å². The predicted molar refractivity (Wildman–Crippen MR) is 119 cm³/mol. The summed E-state index contributed by atoms with van der Waals surface area (Å²) in [4.78, 5) is 8.21. The Bertz CT molecular complexity index is 1520. The van der Waals surface area contributed by atoms with E-state index in [4.69, 9.17) is 5.73 Å². The molecule has 0 aliphatic carbocycles. The van der Waals surface area contributed by atoms with Crippen LogP contribution in [-0.2, 0) is 10.0 Å². The molecule has 31 heavy (non-hydrogen) atoms. The van der Waals surface area contributed by atoms with Gasteiger partial charge in [0.05, 0.1) is 16.4 Å². The first-order valence-electron chi connectivity index (χ1n) is 9.34. The molecule has 156 valence electrons. The van der Waals surface area contributed by atoms with Crippen LogP contribution in [0.4, 0.5) is 4.39 Å². The molecule has 0 aliphatic rings. The third kappa shape index (κ3) is 3.62. The van der Waals surface area contributed by atoms with Gasteiger partial charge in [0, 0.05) is 29.2 Å². The quantitative estimate of drug-likeness (QED) is 0.532. The highest BCUT2D eigenvalue weighted by Gasteiger charge is 2.23. The summed E-state index contributed by atoms with van der Waals surface area (Å²) in [5.74, 6) is -0.595. The molecule has 8 heteroatoms. The Kier molecular flexibility index (Phi) is 5.16. The van der Waals surface area contributed by atoms with Crippen LogP contribution >= 0.6 is 0 Å². The minimum atomic E-state index is -4.06. The Hall–Kier alpha value is -3.78. The summed E-state index contributed by atoms with van der Waals surface area (Å²) in [5.41, 5.74) is 8.16. The number of allylic oxidation sites excluding steroid dienone is 1. The van der Waals surface area contributed by atoms with Gasteiger partial charge in [-0.15, -0.1) is 0 Å². The average molecular weight is 434 g/mol. The molecule has 2 N–H and O–H groups in total.